The van der Waals surface area contributed by atoms with Gasteiger partial charge >= 0.3 is 0 Å². The number of fused-ring (bicyclic) bond motifs is 1. The molecule has 0 unspecified atom stereocenters. The van der Waals surface area contributed by atoms with Gasteiger partial charge < -0.3 is 9.72 Å². The summed E-state index contributed by atoms with van der Waals surface area (Å²) in [6.45, 7) is 3.87. The lowest BCUT2D eigenvalue weighted by Gasteiger charge is -2.11. The number of halogens is 1. The Morgan fingerprint density at radius 3 is 2.72 bits per heavy atom. The van der Waals surface area contributed by atoms with E-state index in [2.05, 4.69) is 32.6 Å². The predicted molar refractivity (Wildman–Crippen MR) is 128 cm³/mol. The van der Waals surface area contributed by atoms with Crippen molar-refractivity contribution >= 4 is 34.8 Å². The molecule has 0 radical (unpaired) electrons. The molecule has 6 nitrogen and oxygen atoms in total. The van der Waals surface area contributed by atoms with E-state index in [1.54, 1.807) is 24.3 Å². The average Bonchev–Trinajstić information content (AvgIpc) is 3.17. The Morgan fingerprint density at radius 1 is 1.16 bits per heavy atom. The number of carbonyl (C=O) groups is 1. The summed E-state index contributed by atoms with van der Waals surface area (Å²) in [7, 11) is 0. The van der Waals surface area contributed by atoms with Crippen LogP contribution >= 0.6 is 11.6 Å². The van der Waals surface area contributed by atoms with Gasteiger partial charge in [0.25, 0.3) is 5.91 Å². The molecule has 0 bridgehead atoms. The molecule has 0 saturated carbocycles. The molecule has 0 aliphatic carbocycles. The summed E-state index contributed by atoms with van der Waals surface area (Å²) in [5.74, 6) is 1.15. The van der Waals surface area contributed by atoms with Gasteiger partial charge in [0.1, 0.15) is 11.6 Å². The van der Waals surface area contributed by atoms with Crippen LogP contribution in [0.3, 0.4) is 0 Å². The van der Waals surface area contributed by atoms with Crippen LogP contribution in [0.5, 0.6) is 5.75 Å². The lowest BCUT2D eigenvalue weighted by atomic mass is 10.1. The van der Waals surface area contributed by atoms with Crippen molar-refractivity contribution < 1.29 is 9.53 Å². The molecule has 0 aliphatic rings. The van der Waals surface area contributed by atoms with Crippen LogP contribution in [-0.4, -0.2) is 28.2 Å². The minimum atomic E-state index is -0.312. The molecule has 7 heteroatoms. The van der Waals surface area contributed by atoms with E-state index in [1.807, 2.05) is 44.2 Å². The van der Waals surface area contributed by atoms with Crippen LogP contribution in [-0.2, 0) is 6.42 Å². The molecule has 0 spiro atoms. The highest BCUT2D eigenvalue weighted by Gasteiger charge is 2.09. The van der Waals surface area contributed by atoms with Gasteiger partial charge in [-0.1, -0.05) is 41.9 Å². The summed E-state index contributed by atoms with van der Waals surface area (Å²) < 4.78 is 5.62. The molecule has 1 aromatic heterocycles. The number of imidazole rings is 1. The number of hydrogen-bond donors (Lipinski definition) is 2. The molecule has 0 saturated heterocycles. The summed E-state index contributed by atoms with van der Waals surface area (Å²) >= 11 is 6.24. The standard InChI is InChI=1S/C25H23ClN4O2/c1-16(2)32-23-11-8-18(12-20(23)26)15-27-30-25(31)19-9-10-21-22(14-19)29-24(28-21)13-17-6-4-3-5-7-17/h3-12,14-16H,13H2,1-2H3,(H,28,29)(H,30,31)/b27-15-. The molecule has 4 rings (SSSR count). The van der Waals surface area contributed by atoms with Crippen LogP contribution in [0.25, 0.3) is 11.0 Å². The first-order valence-electron chi connectivity index (χ1n) is 10.3. The van der Waals surface area contributed by atoms with Crippen LogP contribution in [0, 0.1) is 0 Å². The molecule has 2 N–H and O–H groups in total. The number of hydrazone groups is 1. The molecular formula is C25H23ClN4O2. The zero-order chi connectivity index (χ0) is 22.5. The van der Waals surface area contributed by atoms with Crippen molar-refractivity contribution in [3.05, 3.63) is 94.3 Å². The number of rotatable bonds is 7. The molecule has 0 aliphatic heterocycles. The number of carbonyl (C=O) groups excluding carboxylic acids is 1. The summed E-state index contributed by atoms with van der Waals surface area (Å²) in [4.78, 5) is 20.4. The smallest absolute Gasteiger partial charge is 0.271 e. The molecule has 162 valence electrons. The third-order valence-corrected chi connectivity index (χ3v) is 5.00. The van der Waals surface area contributed by atoms with Gasteiger partial charge in [-0.05, 0) is 61.4 Å². The first kappa shape index (κ1) is 21.6. The highest BCUT2D eigenvalue weighted by Crippen LogP contribution is 2.25. The van der Waals surface area contributed by atoms with Crippen LogP contribution in [0.15, 0.2) is 71.8 Å². The average molecular weight is 447 g/mol. The topological polar surface area (TPSA) is 79.4 Å². The summed E-state index contributed by atoms with van der Waals surface area (Å²) in [6.07, 6.45) is 2.27. The van der Waals surface area contributed by atoms with Gasteiger partial charge in [-0.15, -0.1) is 0 Å². The van der Waals surface area contributed by atoms with E-state index in [9.17, 15) is 4.79 Å². The van der Waals surface area contributed by atoms with Gasteiger partial charge in [0, 0.05) is 12.0 Å². The number of benzene rings is 3. The van der Waals surface area contributed by atoms with Crippen LogP contribution in [0.4, 0.5) is 0 Å². The third-order valence-electron chi connectivity index (χ3n) is 4.71. The van der Waals surface area contributed by atoms with Crippen LogP contribution in [0.2, 0.25) is 5.02 Å². The summed E-state index contributed by atoms with van der Waals surface area (Å²) in [5, 5.41) is 4.53. The molecule has 0 atom stereocenters. The molecule has 0 fully saturated rings. The molecule has 1 heterocycles. The van der Waals surface area contributed by atoms with Crippen LogP contribution < -0.4 is 10.2 Å². The van der Waals surface area contributed by atoms with Crippen molar-refractivity contribution in [1.29, 1.82) is 0 Å². The lowest BCUT2D eigenvalue weighted by molar-refractivity contribution is 0.0955. The fraction of sp³-hybridized carbons (Fsp3) is 0.160. The number of nitrogens with zero attached hydrogens (tertiary/aromatic N) is 2. The van der Waals surface area contributed by atoms with Crippen molar-refractivity contribution in [2.75, 3.05) is 0 Å². The zero-order valence-corrected chi connectivity index (χ0v) is 18.6. The third kappa shape index (κ3) is 5.34. The maximum Gasteiger partial charge on any atom is 0.271 e. The largest absolute Gasteiger partial charge is 0.489 e. The predicted octanol–water partition coefficient (Wildman–Crippen LogP) is 5.36. The molecule has 32 heavy (non-hydrogen) atoms. The molecule has 4 aromatic rings. The van der Waals surface area contributed by atoms with E-state index in [0.717, 1.165) is 22.4 Å². The molecule has 1 amide bonds. The van der Waals surface area contributed by atoms with Gasteiger partial charge in [-0.3, -0.25) is 4.79 Å². The van der Waals surface area contributed by atoms with E-state index in [4.69, 9.17) is 16.3 Å². The fourth-order valence-corrected chi connectivity index (χ4v) is 3.49. The minimum Gasteiger partial charge on any atom is -0.489 e. The van der Waals surface area contributed by atoms with Crippen molar-refractivity contribution in [3.63, 3.8) is 0 Å². The number of hydrogen-bond acceptors (Lipinski definition) is 4. The number of amides is 1. The number of H-pyrrole nitrogens is 1. The van der Waals surface area contributed by atoms with E-state index in [-0.39, 0.29) is 12.0 Å². The first-order valence-corrected chi connectivity index (χ1v) is 10.7. The van der Waals surface area contributed by atoms with E-state index >= 15 is 0 Å². The highest BCUT2D eigenvalue weighted by atomic mass is 35.5. The monoisotopic (exact) mass is 446 g/mol. The Hall–Kier alpha value is -3.64. The fourth-order valence-electron chi connectivity index (χ4n) is 3.25. The highest BCUT2D eigenvalue weighted by molar-refractivity contribution is 6.32. The van der Waals surface area contributed by atoms with Gasteiger partial charge in [-0.2, -0.15) is 5.10 Å². The Labute approximate surface area is 191 Å². The van der Waals surface area contributed by atoms with Gasteiger partial charge in [0.2, 0.25) is 0 Å². The van der Waals surface area contributed by atoms with Crippen molar-refractivity contribution in [2.45, 2.75) is 26.4 Å². The van der Waals surface area contributed by atoms with Crippen molar-refractivity contribution in [2.24, 2.45) is 5.10 Å². The maximum absolute atomic E-state index is 12.5. The number of ether oxygens (including phenoxy) is 1. The lowest BCUT2D eigenvalue weighted by Crippen LogP contribution is -2.17. The normalized spacial score (nSPS) is 11.4. The molecular weight excluding hydrogens is 424 g/mol. The van der Waals surface area contributed by atoms with Crippen molar-refractivity contribution in [3.8, 4) is 5.75 Å². The van der Waals surface area contributed by atoms with Gasteiger partial charge in [0.05, 0.1) is 28.4 Å². The van der Waals surface area contributed by atoms with E-state index in [0.29, 0.717) is 22.8 Å². The Balaban J connectivity index is 1.41. The number of aromatic amines is 1. The van der Waals surface area contributed by atoms with Gasteiger partial charge in [-0.25, -0.2) is 10.4 Å². The Kier molecular flexibility index (Phi) is 6.52. The first-order chi connectivity index (χ1) is 15.5. The Bertz CT molecular complexity index is 1270. The number of aromatic nitrogens is 2. The summed E-state index contributed by atoms with van der Waals surface area (Å²) in [5.41, 5.74) is 6.58. The van der Waals surface area contributed by atoms with Crippen molar-refractivity contribution in [1.82, 2.24) is 15.4 Å². The second-order valence-corrected chi connectivity index (χ2v) is 8.04. The second-order valence-electron chi connectivity index (χ2n) is 7.63. The Morgan fingerprint density at radius 2 is 1.97 bits per heavy atom. The SMILES string of the molecule is CC(C)Oc1ccc(/C=N\NC(=O)c2ccc3nc(Cc4ccccc4)[nH]c3c2)cc1Cl. The molecule has 3 aromatic carbocycles. The minimum absolute atomic E-state index is 0.0351. The van der Waals surface area contributed by atoms with E-state index in [1.165, 1.54) is 11.8 Å². The van der Waals surface area contributed by atoms with Crippen LogP contribution in [0.1, 0.15) is 41.2 Å². The second kappa shape index (κ2) is 9.66. The summed E-state index contributed by atoms with van der Waals surface area (Å²) in [6, 6.07) is 20.8. The number of nitrogens with one attached hydrogen (secondary N) is 2. The van der Waals surface area contributed by atoms with Gasteiger partial charge in [0.15, 0.2) is 0 Å². The quantitative estimate of drug-likeness (QED) is 0.296. The zero-order valence-electron chi connectivity index (χ0n) is 17.8. The van der Waals surface area contributed by atoms with E-state index < -0.39 is 0 Å². The maximum atomic E-state index is 12.5.